The highest BCUT2D eigenvalue weighted by Crippen LogP contribution is 2.41. The predicted octanol–water partition coefficient (Wildman–Crippen LogP) is 5.65. The van der Waals surface area contributed by atoms with Crippen LogP contribution in [0.1, 0.15) is 12.6 Å². The number of benzene rings is 1. The van der Waals surface area contributed by atoms with Gasteiger partial charge >= 0.3 is 6.18 Å². The van der Waals surface area contributed by atoms with E-state index in [-0.39, 0.29) is 31.7 Å². The van der Waals surface area contributed by atoms with Crippen molar-refractivity contribution in [3.8, 4) is 0 Å². The van der Waals surface area contributed by atoms with Crippen LogP contribution in [0.3, 0.4) is 0 Å². The fraction of sp³-hybridized carbons (Fsp3) is 0.250. The summed E-state index contributed by atoms with van der Waals surface area (Å²) in [5.74, 6) is 0. The second kappa shape index (κ2) is 5.47. The fourth-order valence-electron chi connectivity index (χ4n) is 1.78. The van der Waals surface area contributed by atoms with Crippen LogP contribution in [0.2, 0.25) is 15.1 Å². The van der Waals surface area contributed by atoms with Crippen molar-refractivity contribution in [2.45, 2.75) is 13.1 Å². The topological polar surface area (TPSA) is 24.9 Å². The van der Waals surface area contributed by atoms with E-state index in [4.69, 9.17) is 34.8 Å². The summed E-state index contributed by atoms with van der Waals surface area (Å²) in [5.41, 5.74) is -0.882. The lowest BCUT2D eigenvalue weighted by Gasteiger charge is -2.15. The highest BCUT2D eigenvalue weighted by molar-refractivity contribution is 6.48. The van der Waals surface area contributed by atoms with Crippen molar-refractivity contribution in [1.82, 2.24) is 4.98 Å². The lowest BCUT2D eigenvalue weighted by Crippen LogP contribution is -2.10. The van der Waals surface area contributed by atoms with E-state index in [0.717, 1.165) is 6.07 Å². The van der Waals surface area contributed by atoms with Crippen LogP contribution in [-0.4, -0.2) is 11.5 Å². The number of aromatic nitrogens is 1. The van der Waals surface area contributed by atoms with Gasteiger partial charge in [-0.25, -0.2) is 4.98 Å². The largest absolute Gasteiger partial charge is 0.433 e. The number of nitrogens with one attached hydrogen (secondary N) is 1. The minimum atomic E-state index is -4.58. The summed E-state index contributed by atoms with van der Waals surface area (Å²) < 4.78 is 38.6. The van der Waals surface area contributed by atoms with E-state index in [1.54, 1.807) is 6.92 Å². The molecule has 0 amide bonds. The molecule has 1 heterocycles. The molecule has 1 aromatic heterocycles. The SMILES string of the molecule is CCNc1cc(C(F)(F)F)nc2c(Cl)cc(Cl)c(Cl)c12. The molecule has 0 saturated heterocycles. The van der Waals surface area contributed by atoms with Crippen LogP contribution in [0.5, 0.6) is 0 Å². The number of hydrogen-bond acceptors (Lipinski definition) is 2. The molecule has 108 valence electrons. The lowest BCUT2D eigenvalue weighted by molar-refractivity contribution is -0.140. The fourth-order valence-corrected chi connectivity index (χ4v) is 2.53. The number of alkyl halides is 3. The van der Waals surface area contributed by atoms with Crippen molar-refractivity contribution in [2.24, 2.45) is 0 Å². The van der Waals surface area contributed by atoms with Gasteiger partial charge in [0, 0.05) is 17.6 Å². The third-order valence-corrected chi connectivity index (χ3v) is 3.66. The van der Waals surface area contributed by atoms with Gasteiger partial charge in [-0.15, -0.1) is 0 Å². The van der Waals surface area contributed by atoms with E-state index >= 15 is 0 Å². The highest BCUT2D eigenvalue weighted by atomic mass is 35.5. The first-order valence-corrected chi connectivity index (χ1v) is 6.68. The average molecular weight is 344 g/mol. The van der Waals surface area contributed by atoms with Crippen LogP contribution in [0.25, 0.3) is 10.9 Å². The first-order valence-electron chi connectivity index (χ1n) is 5.55. The van der Waals surface area contributed by atoms with Gasteiger partial charge in [0.25, 0.3) is 0 Å². The molecule has 20 heavy (non-hydrogen) atoms. The Hall–Kier alpha value is -0.910. The minimum Gasteiger partial charge on any atom is -0.385 e. The Balaban J connectivity index is 2.89. The van der Waals surface area contributed by atoms with Crippen molar-refractivity contribution in [3.63, 3.8) is 0 Å². The maximum atomic E-state index is 12.9. The van der Waals surface area contributed by atoms with E-state index in [1.807, 2.05) is 0 Å². The van der Waals surface area contributed by atoms with Crippen molar-refractivity contribution < 1.29 is 13.2 Å². The van der Waals surface area contributed by atoms with Gasteiger partial charge in [-0.1, -0.05) is 34.8 Å². The molecule has 2 aromatic rings. The number of anilines is 1. The summed E-state index contributed by atoms with van der Waals surface area (Å²) in [6, 6.07) is 2.17. The van der Waals surface area contributed by atoms with E-state index in [2.05, 4.69) is 10.3 Å². The number of halogens is 6. The molecule has 2 nitrogen and oxygen atoms in total. The Kier molecular flexibility index (Phi) is 4.23. The van der Waals surface area contributed by atoms with Gasteiger partial charge in [-0.2, -0.15) is 13.2 Å². The Bertz CT molecular complexity index is 671. The van der Waals surface area contributed by atoms with Gasteiger partial charge in [0.2, 0.25) is 0 Å². The van der Waals surface area contributed by atoms with Crippen LogP contribution in [0, 0.1) is 0 Å². The van der Waals surface area contributed by atoms with Crippen molar-refractivity contribution in [3.05, 3.63) is 32.9 Å². The molecule has 0 radical (unpaired) electrons. The first-order chi connectivity index (χ1) is 9.25. The molecule has 0 saturated carbocycles. The molecule has 0 fully saturated rings. The summed E-state index contributed by atoms with van der Waals surface area (Å²) in [5, 5.41) is 3.38. The molecule has 0 atom stereocenters. The van der Waals surface area contributed by atoms with E-state index in [0.29, 0.717) is 6.54 Å². The molecule has 8 heteroatoms. The normalized spacial score (nSPS) is 11.9. The van der Waals surface area contributed by atoms with Gasteiger partial charge in [-0.05, 0) is 19.1 Å². The van der Waals surface area contributed by atoms with E-state index < -0.39 is 11.9 Å². The zero-order valence-corrected chi connectivity index (χ0v) is 12.3. The van der Waals surface area contributed by atoms with Gasteiger partial charge in [0.05, 0.1) is 20.6 Å². The minimum absolute atomic E-state index is 0.0136. The number of rotatable bonds is 2. The van der Waals surface area contributed by atoms with Gasteiger partial charge < -0.3 is 5.32 Å². The number of fused-ring (bicyclic) bond motifs is 1. The Morgan fingerprint density at radius 3 is 2.35 bits per heavy atom. The molecular formula is C12H8Cl3F3N2. The predicted molar refractivity (Wildman–Crippen MR) is 75.9 cm³/mol. The quantitative estimate of drug-likeness (QED) is 0.713. The molecule has 0 aliphatic carbocycles. The summed E-state index contributed by atoms with van der Waals surface area (Å²) >= 11 is 17.9. The van der Waals surface area contributed by atoms with Gasteiger partial charge in [0.1, 0.15) is 5.69 Å². The molecule has 0 unspecified atom stereocenters. The van der Waals surface area contributed by atoms with Gasteiger partial charge in [-0.3, -0.25) is 0 Å². The highest BCUT2D eigenvalue weighted by Gasteiger charge is 2.34. The molecule has 0 spiro atoms. The van der Waals surface area contributed by atoms with Crippen molar-refractivity contribution in [2.75, 3.05) is 11.9 Å². The van der Waals surface area contributed by atoms with Crippen LogP contribution in [0.15, 0.2) is 12.1 Å². The maximum absolute atomic E-state index is 12.9. The maximum Gasteiger partial charge on any atom is 0.433 e. The Labute approximate surface area is 127 Å². The van der Waals surface area contributed by atoms with Crippen LogP contribution >= 0.6 is 34.8 Å². The molecule has 0 aliphatic heterocycles. The molecule has 1 aromatic carbocycles. The number of nitrogens with zero attached hydrogens (tertiary/aromatic N) is 1. The Morgan fingerprint density at radius 2 is 1.80 bits per heavy atom. The van der Waals surface area contributed by atoms with Crippen molar-refractivity contribution in [1.29, 1.82) is 0 Å². The summed E-state index contributed by atoms with van der Waals surface area (Å²) in [4.78, 5) is 3.55. The Morgan fingerprint density at radius 1 is 1.15 bits per heavy atom. The smallest absolute Gasteiger partial charge is 0.385 e. The molecular weight excluding hydrogens is 335 g/mol. The second-order valence-corrected chi connectivity index (χ2v) is 5.15. The van der Waals surface area contributed by atoms with Crippen LogP contribution in [-0.2, 0) is 6.18 Å². The van der Waals surface area contributed by atoms with Crippen molar-refractivity contribution >= 4 is 51.4 Å². The third-order valence-electron chi connectivity index (χ3n) is 2.59. The summed E-state index contributed by atoms with van der Waals surface area (Å²) in [7, 11) is 0. The number of pyridine rings is 1. The zero-order valence-electron chi connectivity index (χ0n) is 10.1. The molecule has 1 N–H and O–H groups in total. The summed E-state index contributed by atoms with van der Waals surface area (Å²) in [6.07, 6.45) is -4.58. The van der Waals surface area contributed by atoms with Crippen LogP contribution in [0.4, 0.5) is 18.9 Å². The van der Waals surface area contributed by atoms with E-state index in [9.17, 15) is 13.2 Å². The van der Waals surface area contributed by atoms with Crippen LogP contribution < -0.4 is 5.32 Å². The molecule has 2 rings (SSSR count). The number of hydrogen-bond donors (Lipinski definition) is 1. The van der Waals surface area contributed by atoms with E-state index in [1.165, 1.54) is 6.07 Å². The lowest BCUT2D eigenvalue weighted by atomic mass is 10.1. The third kappa shape index (κ3) is 2.75. The first kappa shape index (κ1) is 15.5. The molecule has 0 bridgehead atoms. The molecule has 0 aliphatic rings. The standard InChI is InChI=1S/C12H8Cl3F3N2/c1-2-19-7-4-8(12(16,17)18)20-11-6(14)3-5(13)10(15)9(7)11/h3-4H,2H2,1H3,(H,19,20). The second-order valence-electron chi connectivity index (χ2n) is 3.96. The average Bonchev–Trinajstić information content (AvgIpc) is 2.34. The monoisotopic (exact) mass is 342 g/mol. The zero-order chi connectivity index (χ0) is 15.1. The van der Waals surface area contributed by atoms with Gasteiger partial charge in [0.15, 0.2) is 0 Å². The summed E-state index contributed by atoms with van der Waals surface area (Å²) in [6.45, 7) is 2.16.